The van der Waals surface area contributed by atoms with Crippen LogP contribution >= 0.6 is 0 Å². The lowest BCUT2D eigenvalue weighted by Gasteiger charge is -2.43. The summed E-state index contributed by atoms with van der Waals surface area (Å²) in [4.78, 5) is 26.3. The number of ether oxygens (including phenoxy) is 1. The minimum Gasteiger partial charge on any atom is -0.496 e. The predicted molar refractivity (Wildman–Crippen MR) is 109 cm³/mol. The van der Waals surface area contributed by atoms with Gasteiger partial charge in [-0.3, -0.25) is 9.59 Å². The number of carbonyl (C=O) groups is 2. The number of likely N-dealkylation sites (tertiary alicyclic amines) is 1. The minimum absolute atomic E-state index is 0.0316. The molecule has 2 aromatic carbocycles. The summed E-state index contributed by atoms with van der Waals surface area (Å²) in [6, 6.07) is 16.9. The van der Waals surface area contributed by atoms with Crippen molar-refractivity contribution in [3.05, 3.63) is 65.7 Å². The van der Waals surface area contributed by atoms with E-state index >= 15 is 0 Å². The molecule has 6 nitrogen and oxygen atoms in total. The molecule has 1 aliphatic rings. The molecule has 2 N–H and O–H groups in total. The third kappa shape index (κ3) is 4.59. The zero-order chi connectivity index (χ0) is 20.9. The Kier molecular flexibility index (Phi) is 6.54. The van der Waals surface area contributed by atoms with Crippen LogP contribution in [0.1, 0.15) is 24.0 Å². The number of carboxylic acid groups (broad SMARTS) is 1. The van der Waals surface area contributed by atoms with E-state index in [9.17, 15) is 19.8 Å². The van der Waals surface area contributed by atoms with Gasteiger partial charge < -0.3 is 19.8 Å². The van der Waals surface area contributed by atoms with Crippen LogP contribution in [-0.4, -0.2) is 53.3 Å². The highest BCUT2D eigenvalue weighted by Crippen LogP contribution is 2.36. The van der Waals surface area contributed by atoms with Crippen molar-refractivity contribution in [2.24, 2.45) is 5.41 Å². The number of methoxy groups -OCH3 is 1. The third-order valence-electron chi connectivity index (χ3n) is 5.80. The van der Waals surface area contributed by atoms with Crippen LogP contribution in [0.5, 0.6) is 5.75 Å². The van der Waals surface area contributed by atoms with Crippen LogP contribution in [0.3, 0.4) is 0 Å². The second kappa shape index (κ2) is 9.09. The zero-order valence-electron chi connectivity index (χ0n) is 16.6. The number of aliphatic hydroxyl groups is 1. The number of benzene rings is 2. The van der Waals surface area contributed by atoms with Gasteiger partial charge in [-0.1, -0.05) is 48.5 Å². The lowest BCUT2D eigenvalue weighted by Crippen LogP contribution is -2.57. The maximum absolute atomic E-state index is 12.7. The van der Waals surface area contributed by atoms with Crippen molar-refractivity contribution < 1.29 is 24.5 Å². The molecule has 1 saturated heterocycles. The van der Waals surface area contributed by atoms with Gasteiger partial charge in [-0.05, 0) is 36.5 Å². The summed E-state index contributed by atoms with van der Waals surface area (Å²) in [5.74, 6) is -0.365. The fourth-order valence-corrected chi connectivity index (χ4v) is 4.00. The van der Waals surface area contributed by atoms with E-state index in [0.29, 0.717) is 13.0 Å². The molecule has 1 fully saturated rings. The van der Waals surface area contributed by atoms with E-state index in [1.165, 1.54) is 0 Å². The van der Waals surface area contributed by atoms with Gasteiger partial charge in [0.15, 0.2) is 0 Å². The van der Waals surface area contributed by atoms with E-state index < -0.39 is 17.5 Å². The zero-order valence-corrected chi connectivity index (χ0v) is 16.6. The summed E-state index contributed by atoms with van der Waals surface area (Å²) >= 11 is 0. The molecule has 1 heterocycles. The SMILES string of the molecule is COc1ccccc1CCC(=O)N1CC[C@](Cc2ccccc2)(C(=O)O)[C@H](O)C1. The average molecular weight is 397 g/mol. The Labute approximate surface area is 170 Å². The Balaban J connectivity index is 1.64. The summed E-state index contributed by atoms with van der Waals surface area (Å²) in [7, 11) is 1.60. The molecule has 29 heavy (non-hydrogen) atoms. The quantitative estimate of drug-likeness (QED) is 0.750. The van der Waals surface area contributed by atoms with Gasteiger partial charge in [0.2, 0.25) is 5.91 Å². The van der Waals surface area contributed by atoms with Gasteiger partial charge >= 0.3 is 5.97 Å². The van der Waals surface area contributed by atoms with Crippen LogP contribution in [0.4, 0.5) is 0 Å². The van der Waals surface area contributed by atoms with Crippen LogP contribution in [0.2, 0.25) is 0 Å². The highest BCUT2D eigenvalue weighted by Gasteiger charge is 2.49. The van der Waals surface area contributed by atoms with Gasteiger partial charge in [-0.2, -0.15) is 0 Å². The molecule has 0 unspecified atom stereocenters. The number of aliphatic carboxylic acids is 1. The second-order valence-corrected chi connectivity index (χ2v) is 7.54. The molecule has 2 atom stereocenters. The molecule has 154 valence electrons. The van der Waals surface area contributed by atoms with Crippen molar-refractivity contribution in [3.63, 3.8) is 0 Å². The van der Waals surface area contributed by atoms with Gasteiger partial charge in [0, 0.05) is 19.5 Å². The van der Waals surface area contributed by atoms with Gasteiger partial charge in [0.25, 0.3) is 0 Å². The maximum atomic E-state index is 12.7. The Morgan fingerprint density at radius 3 is 2.48 bits per heavy atom. The molecule has 0 aromatic heterocycles. The molecule has 0 bridgehead atoms. The summed E-state index contributed by atoms with van der Waals surface area (Å²) in [5, 5.41) is 20.6. The summed E-state index contributed by atoms with van der Waals surface area (Å²) < 4.78 is 5.32. The predicted octanol–water partition coefficient (Wildman–Crippen LogP) is 2.53. The first kappa shape index (κ1) is 20.9. The highest BCUT2D eigenvalue weighted by atomic mass is 16.5. The van der Waals surface area contributed by atoms with Gasteiger partial charge in [-0.25, -0.2) is 0 Å². The lowest BCUT2D eigenvalue weighted by atomic mass is 9.71. The number of rotatable bonds is 7. The molecule has 2 aromatic rings. The molecule has 1 amide bonds. The number of hydrogen-bond acceptors (Lipinski definition) is 4. The van der Waals surface area contributed by atoms with E-state index in [2.05, 4.69) is 0 Å². The average Bonchev–Trinajstić information content (AvgIpc) is 2.74. The third-order valence-corrected chi connectivity index (χ3v) is 5.80. The molecular weight excluding hydrogens is 370 g/mol. The second-order valence-electron chi connectivity index (χ2n) is 7.54. The maximum Gasteiger partial charge on any atom is 0.312 e. The first-order chi connectivity index (χ1) is 14.0. The molecule has 3 rings (SSSR count). The van der Waals surface area contributed by atoms with Gasteiger partial charge in [0.05, 0.1) is 13.2 Å². The first-order valence-corrected chi connectivity index (χ1v) is 9.81. The summed E-state index contributed by atoms with van der Waals surface area (Å²) in [5.41, 5.74) is 0.538. The smallest absolute Gasteiger partial charge is 0.312 e. The number of para-hydroxylation sites is 1. The number of hydrogen-bond donors (Lipinski definition) is 2. The topological polar surface area (TPSA) is 87.1 Å². The molecule has 0 aliphatic carbocycles. The number of carboxylic acids is 1. The number of amides is 1. The van der Waals surface area contributed by atoms with Crippen molar-refractivity contribution in [1.29, 1.82) is 0 Å². The van der Waals surface area contributed by atoms with E-state index in [-0.39, 0.29) is 31.7 Å². The highest BCUT2D eigenvalue weighted by molar-refractivity contribution is 5.79. The molecule has 1 aliphatic heterocycles. The van der Waals surface area contributed by atoms with E-state index in [1.807, 2.05) is 54.6 Å². The Hall–Kier alpha value is -2.86. The van der Waals surface area contributed by atoms with Crippen molar-refractivity contribution in [3.8, 4) is 5.75 Å². The monoisotopic (exact) mass is 397 g/mol. The van der Waals surface area contributed by atoms with E-state index in [4.69, 9.17) is 4.74 Å². The van der Waals surface area contributed by atoms with Crippen LogP contribution in [0.25, 0.3) is 0 Å². The normalized spacial score (nSPS) is 21.6. The number of aliphatic hydroxyl groups excluding tert-OH is 1. The van der Waals surface area contributed by atoms with Crippen LogP contribution < -0.4 is 4.74 Å². The molecule has 0 saturated carbocycles. The van der Waals surface area contributed by atoms with Crippen LogP contribution in [0.15, 0.2) is 54.6 Å². The number of nitrogens with zero attached hydrogens (tertiary/aromatic N) is 1. The molecule has 0 radical (unpaired) electrons. The van der Waals surface area contributed by atoms with Crippen LogP contribution in [0, 0.1) is 5.41 Å². The van der Waals surface area contributed by atoms with Crippen molar-refractivity contribution in [1.82, 2.24) is 4.90 Å². The summed E-state index contributed by atoms with van der Waals surface area (Å²) in [6.07, 6.45) is 0.158. The van der Waals surface area contributed by atoms with Gasteiger partial charge in [-0.15, -0.1) is 0 Å². The van der Waals surface area contributed by atoms with Crippen molar-refractivity contribution >= 4 is 11.9 Å². The minimum atomic E-state index is -1.28. The van der Waals surface area contributed by atoms with Gasteiger partial charge in [0.1, 0.15) is 11.2 Å². The summed E-state index contributed by atoms with van der Waals surface area (Å²) in [6.45, 7) is 0.352. The largest absolute Gasteiger partial charge is 0.496 e. The Morgan fingerprint density at radius 1 is 1.14 bits per heavy atom. The Morgan fingerprint density at radius 2 is 1.83 bits per heavy atom. The fourth-order valence-electron chi connectivity index (χ4n) is 4.00. The Bertz CT molecular complexity index is 853. The molecular formula is C23H27NO5. The van der Waals surface area contributed by atoms with E-state index in [0.717, 1.165) is 16.9 Å². The lowest BCUT2D eigenvalue weighted by molar-refractivity contribution is -0.166. The standard InChI is InChI=1S/C23H27NO5/c1-29-19-10-6-5-9-18(19)11-12-21(26)24-14-13-23(22(27)28,20(25)16-24)15-17-7-3-2-4-8-17/h2-10,20,25H,11-16H2,1H3,(H,27,28)/t20-,23-/m1/s1. The molecule has 0 spiro atoms. The van der Waals surface area contributed by atoms with Crippen molar-refractivity contribution in [2.45, 2.75) is 31.8 Å². The first-order valence-electron chi connectivity index (χ1n) is 9.81. The number of piperidine rings is 1. The number of carbonyl (C=O) groups excluding carboxylic acids is 1. The number of β-amino-alcohol motifs (C(OH)–C–C–N with tert-alkyl or cyclic N) is 1. The number of aryl methyl sites for hydroxylation is 1. The van der Waals surface area contributed by atoms with Crippen molar-refractivity contribution in [2.75, 3.05) is 20.2 Å². The van der Waals surface area contributed by atoms with Crippen LogP contribution in [-0.2, 0) is 22.4 Å². The molecule has 6 heteroatoms. The van der Waals surface area contributed by atoms with E-state index in [1.54, 1.807) is 12.0 Å². The fraction of sp³-hybridized carbons (Fsp3) is 0.391.